The number of rotatable bonds is 7. The van der Waals surface area contributed by atoms with Crippen LogP contribution < -0.4 is 9.62 Å². The second-order valence-corrected chi connectivity index (χ2v) is 8.49. The van der Waals surface area contributed by atoms with E-state index in [0.29, 0.717) is 5.69 Å². The number of halogens is 1. The van der Waals surface area contributed by atoms with Crippen LogP contribution in [0.1, 0.15) is 37.0 Å². The van der Waals surface area contributed by atoms with Crippen LogP contribution in [0.3, 0.4) is 0 Å². The Bertz CT molecular complexity index is 870. The molecule has 0 fully saturated rings. The van der Waals surface area contributed by atoms with E-state index in [1.54, 1.807) is 24.3 Å². The molecule has 5 nitrogen and oxygen atoms in total. The normalized spacial score (nSPS) is 12.5. The smallest absolute Gasteiger partial charge is 0.264 e. The van der Waals surface area contributed by atoms with Gasteiger partial charge in [0.15, 0.2) is 0 Å². The molecule has 0 spiro atoms. The molecule has 2 rings (SSSR count). The first-order chi connectivity index (χ1) is 12.3. The molecule has 2 aromatic carbocycles. The summed E-state index contributed by atoms with van der Waals surface area (Å²) in [6.07, 6.45) is 1.80. The number of carbonyl (C=O) groups is 1. The van der Waals surface area contributed by atoms with Crippen molar-refractivity contribution in [1.82, 2.24) is 5.32 Å². The van der Waals surface area contributed by atoms with Crippen LogP contribution in [0, 0.1) is 0 Å². The largest absolute Gasteiger partial charge is 0.350 e. The number of nitrogens with one attached hydrogen (secondary N) is 1. The Morgan fingerprint density at radius 1 is 1.19 bits per heavy atom. The van der Waals surface area contributed by atoms with Gasteiger partial charge in [0.05, 0.1) is 21.2 Å². The molecule has 0 aliphatic heterocycles. The SMILES string of the molecule is CCC[C@@H](C)NC(=O)c1cc(N(C)S(=O)(=O)c2ccccc2)ccc1Cl. The molecule has 1 amide bonds. The van der Waals surface area contributed by atoms with Crippen molar-refractivity contribution in [3.05, 3.63) is 59.1 Å². The maximum absolute atomic E-state index is 12.8. The van der Waals surface area contributed by atoms with Gasteiger partial charge in [-0.15, -0.1) is 0 Å². The summed E-state index contributed by atoms with van der Waals surface area (Å²) in [4.78, 5) is 12.7. The van der Waals surface area contributed by atoms with E-state index in [1.165, 1.54) is 31.3 Å². The lowest BCUT2D eigenvalue weighted by Crippen LogP contribution is -2.33. The van der Waals surface area contributed by atoms with Crippen molar-refractivity contribution in [2.75, 3.05) is 11.4 Å². The number of hydrogen-bond acceptors (Lipinski definition) is 3. The lowest BCUT2D eigenvalue weighted by atomic mass is 10.1. The zero-order chi connectivity index (χ0) is 19.3. The molecule has 1 atom stereocenters. The topological polar surface area (TPSA) is 66.5 Å². The molecule has 2 aromatic rings. The van der Waals surface area contributed by atoms with Crippen LogP contribution in [0.4, 0.5) is 5.69 Å². The van der Waals surface area contributed by atoms with Crippen LogP contribution in [-0.4, -0.2) is 27.4 Å². The van der Waals surface area contributed by atoms with Gasteiger partial charge in [-0.25, -0.2) is 8.42 Å². The molecule has 1 N–H and O–H groups in total. The van der Waals surface area contributed by atoms with Crippen molar-refractivity contribution in [2.45, 2.75) is 37.6 Å². The van der Waals surface area contributed by atoms with Crippen molar-refractivity contribution in [1.29, 1.82) is 0 Å². The highest BCUT2D eigenvalue weighted by molar-refractivity contribution is 7.92. The van der Waals surface area contributed by atoms with E-state index >= 15 is 0 Å². The van der Waals surface area contributed by atoms with E-state index in [9.17, 15) is 13.2 Å². The number of sulfonamides is 1. The molecule has 7 heteroatoms. The zero-order valence-corrected chi connectivity index (χ0v) is 16.6. The third kappa shape index (κ3) is 4.56. The summed E-state index contributed by atoms with van der Waals surface area (Å²) in [5, 5.41) is 3.16. The summed E-state index contributed by atoms with van der Waals surface area (Å²) in [7, 11) is -2.27. The highest BCUT2D eigenvalue weighted by Gasteiger charge is 2.23. The fourth-order valence-corrected chi connectivity index (χ4v) is 3.99. The Kier molecular flexibility index (Phi) is 6.67. The monoisotopic (exact) mass is 394 g/mol. The van der Waals surface area contributed by atoms with E-state index in [2.05, 4.69) is 5.32 Å². The summed E-state index contributed by atoms with van der Waals surface area (Å²) in [5.41, 5.74) is 0.619. The highest BCUT2D eigenvalue weighted by Crippen LogP contribution is 2.26. The van der Waals surface area contributed by atoms with E-state index < -0.39 is 10.0 Å². The van der Waals surface area contributed by atoms with E-state index in [4.69, 9.17) is 11.6 Å². The van der Waals surface area contributed by atoms with Crippen LogP contribution in [0.25, 0.3) is 0 Å². The molecule has 0 radical (unpaired) electrons. The summed E-state index contributed by atoms with van der Waals surface area (Å²) in [6, 6.07) is 12.8. The first-order valence-corrected chi connectivity index (χ1v) is 10.2. The Morgan fingerprint density at radius 2 is 1.85 bits per heavy atom. The second-order valence-electron chi connectivity index (χ2n) is 6.11. The number of benzene rings is 2. The minimum atomic E-state index is -3.72. The Hall–Kier alpha value is -2.05. The quantitative estimate of drug-likeness (QED) is 0.769. The van der Waals surface area contributed by atoms with Crippen LogP contribution >= 0.6 is 11.6 Å². The Labute approximate surface area is 160 Å². The summed E-state index contributed by atoms with van der Waals surface area (Å²) < 4.78 is 26.7. The maximum Gasteiger partial charge on any atom is 0.264 e. The number of anilines is 1. The third-order valence-electron chi connectivity index (χ3n) is 4.06. The zero-order valence-electron chi connectivity index (χ0n) is 15.1. The molecular weight excluding hydrogens is 372 g/mol. The van der Waals surface area contributed by atoms with E-state index in [1.807, 2.05) is 13.8 Å². The predicted octanol–water partition coefficient (Wildman–Crippen LogP) is 4.08. The van der Waals surface area contributed by atoms with Gasteiger partial charge in [-0.05, 0) is 43.7 Å². The summed E-state index contributed by atoms with van der Waals surface area (Å²) >= 11 is 6.16. The minimum absolute atomic E-state index is 0.0120. The first kappa shape index (κ1) is 20.3. The molecule has 0 heterocycles. The van der Waals surface area contributed by atoms with Crippen LogP contribution in [0.15, 0.2) is 53.4 Å². The molecule has 0 aliphatic rings. The van der Waals surface area contributed by atoms with Gasteiger partial charge in [0, 0.05) is 13.1 Å². The highest BCUT2D eigenvalue weighted by atomic mass is 35.5. The minimum Gasteiger partial charge on any atom is -0.350 e. The number of hydrogen-bond donors (Lipinski definition) is 1. The van der Waals surface area contributed by atoms with Crippen LogP contribution in [0.5, 0.6) is 0 Å². The molecule has 0 aromatic heterocycles. The van der Waals surface area contributed by atoms with Gasteiger partial charge in [0.2, 0.25) is 0 Å². The Balaban J connectivity index is 2.32. The Morgan fingerprint density at radius 3 is 2.46 bits per heavy atom. The summed E-state index contributed by atoms with van der Waals surface area (Å²) in [6.45, 7) is 3.96. The maximum atomic E-state index is 12.8. The van der Waals surface area contributed by atoms with Gasteiger partial charge in [-0.3, -0.25) is 9.10 Å². The first-order valence-electron chi connectivity index (χ1n) is 8.41. The lowest BCUT2D eigenvalue weighted by Gasteiger charge is -2.21. The van der Waals surface area contributed by atoms with Crippen molar-refractivity contribution in [2.24, 2.45) is 0 Å². The second kappa shape index (κ2) is 8.56. The van der Waals surface area contributed by atoms with Crippen molar-refractivity contribution in [3.8, 4) is 0 Å². The van der Waals surface area contributed by atoms with Gasteiger partial charge in [-0.1, -0.05) is 43.1 Å². The fourth-order valence-electron chi connectivity index (χ4n) is 2.58. The van der Waals surface area contributed by atoms with Gasteiger partial charge in [-0.2, -0.15) is 0 Å². The molecule has 0 aliphatic carbocycles. The molecule has 0 bridgehead atoms. The fraction of sp³-hybridized carbons (Fsp3) is 0.316. The van der Waals surface area contributed by atoms with Crippen LogP contribution in [-0.2, 0) is 10.0 Å². The molecule has 0 saturated carbocycles. The molecule has 0 saturated heterocycles. The standard InChI is InChI=1S/C19H23ClN2O3S/c1-4-8-14(2)21-19(23)17-13-15(11-12-18(17)20)22(3)26(24,25)16-9-6-5-7-10-16/h5-7,9-14H,4,8H2,1-3H3,(H,21,23)/t14-/m1/s1. The van der Waals surface area contributed by atoms with Gasteiger partial charge in [0.1, 0.15) is 0 Å². The average Bonchev–Trinajstić information content (AvgIpc) is 2.62. The number of nitrogens with zero attached hydrogens (tertiary/aromatic N) is 1. The molecule has 0 unspecified atom stereocenters. The van der Waals surface area contributed by atoms with Gasteiger partial charge >= 0.3 is 0 Å². The van der Waals surface area contributed by atoms with E-state index in [-0.39, 0.29) is 27.4 Å². The van der Waals surface area contributed by atoms with Gasteiger partial charge < -0.3 is 5.32 Å². The van der Waals surface area contributed by atoms with Crippen molar-refractivity contribution < 1.29 is 13.2 Å². The van der Waals surface area contributed by atoms with E-state index in [0.717, 1.165) is 17.1 Å². The van der Waals surface area contributed by atoms with Crippen LogP contribution in [0.2, 0.25) is 5.02 Å². The molecule has 26 heavy (non-hydrogen) atoms. The average molecular weight is 395 g/mol. The predicted molar refractivity (Wildman–Crippen MR) is 105 cm³/mol. The molecular formula is C19H23ClN2O3S. The number of carbonyl (C=O) groups excluding carboxylic acids is 1. The van der Waals surface area contributed by atoms with Crippen molar-refractivity contribution in [3.63, 3.8) is 0 Å². The van der Waals surface area contributed by atoms with Gasteiger partial charge in [0.25, 0.3) is 15.9 Å². The third-order valence-corrected chi connectivity index (χ3v) is 6.19. The molecule has 140 valence electrons. The number of amides is 1. The van der Waals surface area contributed by atoms with Crippen molar-refractivity contribution >= 4 is 33.2 Å². The lowest BCUT2D eigenvalue weighted by molar-refractivity contribution is 0.0938. The summed E-state index contributed by atoms with van der Waals surface area (Å²) in [5.74, 6) is -0.316.